The summed E-state index contributed by atoms with van der Waals surface area (Å²) in [6, 6.07) is 17.4. The minimum absolute atomic E-state index is 0.703. The van der Waals surface area contributed by atoms with Gasteiger partial charge < -0.3 is 5.73 Å². The van der Waals surface area contributed by atoms with Crippen LogP contribution in [0.4, 0.5) is 5.69 Å². The second kappa shape index (κ2) is 4.11. The molecule has 0 spiro atoms. The number of benzene rings is 2. The van der Waals surface area contributed by atoms with Crippen molar-refractivity contribution in [1.29, 1.82) is 0 Å². The predicted molar refractivity (Wildman–Crippen MR) is 90.0 cm³/mol. The summed E-state index contributed by atoms with van der Waals surface area (Å²) in [5, 5.41) is 1.35. The first-order valence-electron chi connectivity index (χ1n) is 7.69. The molecule has 2 N–H and O–H groups in total. The van der Waals surface area contributed by atoms with Crippen LogP contribution in [0, 0.1) is 5.92 Å². The molecule has 5 rings (SSSR count). The fourth-order valence-corrected chi connectivity index (χ4v) is 5.65. The van der Waals surface area contributed by atoms with Gasteiger partial charge in [0.05, 0.1) is 0 Å². The molecule has 0 aliphatic heterocycles. The Morgan fingerprint density at radius 1 is 0.952 bits per heavy atom. The highest BCUT2D eigenvalue weighted by molar-refractivity contribution is 7.19. The van der Waals surface area contributed by atoms with Gasteiger partial charge in [-0.1, -0.05) is 36.4 Å². The Morgan fingerprint density at radius 3 is 2.67 bits per heavy atom. The smallest absolute Gasteiger partial charge is 0.0405 e. The number of nitrogen functional groups attached to an aromatic ring is 1. The maximum absolute atomic E-state index is 6.30. The van der Waals surface area contributed by atoms with E-state index >= 15 is 0 Å². The molecule has 2 aliphatic carbocycles. The Bertz CT molecular complexity index is 833. The fourth-order valence-electron chi connectivity index (χ4n) is 4.34. The zero-order valence-corrected chi connectivity index (χ0v) is 12.6. The molecule has 3 unspecified atom stereocenters. The summed E-state index contributed by atoms with van der Waals surface area (Å²) in [6.45, 7) is 0. The molecule has 1 fully saturated rings. The number of nitrogens with two attached hydrogens (primary N) is 1. The molecule has 0 amide bonds. The first kappa shape index (κ1) is 11.8. The molecule has 1 nitrogen and oxygen atoms in total. The third-order valence-electron chi connectivity index (χ3n) is 5.25. The standard InChI is InChI=1S/C19H17NS/c20-13-7-4-8-14-18(13)19-15(21-14)10-9-12-16(17(12)19)11-5-2-1-3-6-11/h1-8,12,16-17H,9-10,20H2. The van der Waals surface area contributed by atoms with Gasteiger partial charge in [0.15, 0.2) is 0 Å². The van der Waals surface area contributed by atoms with E-state index in [0.29, 0.717) is 11.8 Å². The number of fused-ring (bicyclic) bond motifs is 5. The van der Waals surface area contributed by atoms with Gasteiger partial charge in [-0.3, -0.25) is 0 Å². The van der Waals surface area contributed by atoms with Gasteiger partial charge in [-0.15, -0.1) is 11.3 Å². The van der Waals surface area contributed by atoms with Crippen molar-refractivity contribution in [3.05, 3.63) is 64.5 Å². The fraction of sp³-hybridized carbons (Fsp3) is 0.263. The van der Waals surface area contributed by atoms with Crippen molar-refractivity contribution >= 4 is 27.1 Å². The molecule has 1 aromatic heterocycles. The Hall–Kier alpha value is -1.80. The summed E-state index contributed by atoms with van der Waals surface area (Å²) < 4.78 is 1.37. The molecule has 0 saturated heterocycles. The topological polar surface area (TPSA) is 26.0 Å². The largest absolute Gasteiger partial charge is 0.398 e. The van der Waals surface area contributed by atoms with Crippen LogP contribution in [0.15, 0.2) is 48.5 Å². The van der Waals surface area contributed by atoms with Crippen LogP contribution in [0.1, 0.15) is 34.3 Å². The summed E-state index contributed by atoms with van der Waals surface area (Å²) in [5.74, 6) is 2.25. The second-order valence-corrected chi connectivity index (χ2v) is 7.46. The SMILES string of the molecule is Nc1cccc2sc3c(c12)C1C(CC3)C1c1ccccc1. The quantitative estimate of drug-likeness (QED) is 0.632. The van der Waals surface area contributed by atoms with Crippen LogP contribution in [0.5, 0.6) is 0 Å². The minimum Gasteiger partial charge on any atom is -0.398 e. The number of thiophene rings is 1. The first-order chi connectivity index (χ1) is 10.3. The average molecular weight is 291 g/mol. The van der Waals surface area contributed by atoms with E-state index in [1.54, 1.807) is 10.4 Å². The zero-order chi connectivity index (χ0) is 14.0. The highest BCUT2D eigenvalue weighted by atomic mass is 32.1. The van der Waals surface area contributed by atoms with Gasteiger partial charge in [0.25, 0.3) is 0 Å². The van der Waals surface area contributed by atoms with Crippen LogP contribution in [-0.2, 0) is 6.42 Å². The molecule has 2 aliphatic rings. The number of anilines is 1. The van der Waals surface area contributed by atoms with E-state index in [0.717, 1.165) is 11.6 Å². The number of hydrogen-bond acceptors (Lipinski definition) is 2. The van der Waals surface area contributed by atoms with Crippen LogP contribution in [0.25, 0.3) is 10.1 Å². The highest BCUT2D eigenvalue weighted by Crippen LogP contribution is 2.67. The lowest BCUT2D eigenvalue weighted by atomic mass is 9.95. The van der Waals surface area contributed by atoms with Gasteiger partial charge in [-0.05, 0) is 53.9 Å². The maximum atomic E-state index is 6.30. The van der Waals surface area contributed by atoms with Crippen molar-refractivity contribution in [3.8, 4) is 0 Å². The van der Waals surface area contributed by atoms with Crippen LogP contribution < -0.4 is 5.73 Å². The van der Waals surface area contributed by atoms with Crippen LogP contribution in [0.3, 0.4) is 0 Å². The average Bonchev–Trinajstić information content (AvgIpc) is 3.12. The first-order valence-corrected chi connectivity index (χ1v) is 8.51. The minimum atomic E-state index is 0.703. The maximum Gasteiger partial charge on any atom is 0.0405 e. The molecular formula is C19H17NS. The van der Waals surface area contributed by atoms with Crippen molar-refractivity contribution < 1.29 is 0 Å². The van der Waals surface area contributed by atoms with E-state index in [9.17, 15) is 0 Å². The van der Waals surface area contributed by atoms with Crippen molar-refractivity contribution in [3.63, 3.8) is 0 Å². The summed E-state index contributed by atoms with van der Waals surface area (Å²) in [5.41, 5.74) is 10.3. The van der Waals surface area contributed by atoms with Crippen molar-refractivity contribution in [1.82, 2.24) is 0 Å². The van der Waals surface area contributed by atoms with E-state index < -0.39 is 0 Å². The molecule has 2 heteroatoms. The second-order valence-electron chi connectivity index (χ2n) is 6.32. The van der Waals surface area contributed by atoms with Gasteiger partial charge in [0.2, 0.25) is 0 Å². The molecule has 3 aromatic rings. The predicted octanol–water partition coefficient (Wildman–Crippen LogP) is 4.93. The van der Waals surface area contributed by atoms with Gasteiger partial charge in [0.1, 0.15) is 0 Å². The molecule has 3 atom stereocenters. The van der Waals surface area contributed by atoms with Crippen LogP contribution >= 0.6 is 11.3 Å². The zero-order valence-electron chi connectivity index (χ0n) is 11.8. The van der Waals surface area contributed by atoms with E-state index in [4.69, 9.17) is 5.73 Å². The molecule has 1 saturated carbocycles. The van der Waals surface area contributed by atoms with E-state index in [1.807, 2.05) is 11.3 Å². The molecule has 2 aromatic carbocycles. The van der Waals surface area contributed by atoms with Crippen LogP contribution in [0.2, 0.25) is 0 Å². The Balaban J connectivity index is 1.69. The van der Waals surface area contributed by atoms with Crippen molar-refractivity contribution in [2.75, 3.05) is 5.73 Å². The summed E-state index contributed by atoms with van der Waals surface area (Å²) in [4.78, 5) is 1.59. The third-order valence-corrected chi connectivity index (χ3v) is 6.48. The Morgan fingerprint density at radius 2 is 1.81 bits per heavy atom. The number of aryl methyl sites for hydroxylation is 1. The molecule has 104 valence electrons. The lowest BCUT2D eigenvalue weighted by Gasteiger charge is -2.10. The van der Waals surface area contributed by atoms with E-state index in [2.05, 4.69) is 48.5 Å². The van der Waals surface area contributed by atoms with Crippen molar-refractivity contribution in [2.24, 2.45) is 5.92 Å². The van der Waals surface area contributed by atoms with Gasteiger partial charge >= 0.3 is 0 Å². The summed E-state index contributed by atoms with van der Waals surface area (Å²) >= 11 is 1.96. The van der Waals surface area contributed by atoms with Crippen LogP contribution in [-0.4, -0.2) is 0 Å². The molecule has 0 bridgehead atoms. The lowest BCUT2D eigenvalue weighted by Crippen LogP contribution is -1.98. The van der Waals surface area contributed by atoms with Gasteiger partial charge in [-0.2, -0.15) is 0 Å². The van der Waals surface area contributed by atoms with Gasteiger partial charge in [0, 0.05) is 20.7 Å². The normalized spacial score (nSPS) is 26.4. The Kier molecular flexibility index (Phi) is 2.31. The molecule has 1 heterocycles. The highest BCUT2D eigenvalue weighted by Gasteiger charge is 2.54. The molecule has 21 heavy (non-hydrogen) atoms. The number of hydrogen-bond donors (Lipinski definition) is 1. The molecular weight excluding hydrogens is 274 g/mol. The van der Waals surface area contributed by atoms with Crippen molar-refractivity contribution in [2.45, 2.75) is 24.7 Å². The van der Waals surface area contributed by atoms with E-state index in [-0.39, 0.29) is 0 Å². The molecule has 0 radical (unpaired) electrons. The van der Waals surface area contributed by atoms with Gasteiger partial charge in [-0.25, -0.2) is 0 Å². The Labute approximate surface area is 128 Å². The van der Waals surface area contributed by atoms with E-state index in [1.165, 1.54) is 28.5 Å². The summed E-state index contributed by atoms with van der Waals surface area (Å²) in [6.07, 6.45) is 2.57. The monoisotopic (exact) mass is 291 g/mol. The summed E-state index contributed by atoms with van der Waals surface area (Å²) in [7, 11) is 0. The third kappa shape index (κ3) is 1.57. The number of rotatable bonds is 1. The lowest BCUT2D eigenvalue weighted by molar-refractivity contribution is 0.670.